The first-order valence-electron chi connectivity index (χ1n) is 8.20. The van der Waals surface area contributed by atoms with Crippen molar-refractivity contribution in [3.05, 3.63) is 78.9 Å². The lowest BCUT2D eigenvalue weighted by Crippen LogP contribution is -2.17. The van der Waals surface area contributed by atoms with E-state index >= 15 is 0 Å². The molecule has 3 rings (SSSR count). The molecule has 2 aromatic carbocycles. The Kier molecular flexibility index (Phi) is 5.53. The number of thiazole rings is 1. The normalized spacial score (nSPS) is 11.6. The minimum Gasteiger partial charge on any atom is -0.316 e. The number of hydrogen-bond acceptors (Lipinski definition) is 4. The Labute approximate surface area is 164 Å². The van der Waals surface area contributed by atoms with Crippen LogP contribution in [0.15, 0.2) is 53.5 Å². The van der Waals surface area contributed by atoms with Gasteiger partial charge in [-0.3, -0.25) is 14.9 Å². The molecule has 0 unspecified atom stereocenters. The molecule has 1 aromatic heterocycles. The van der Waals surface area contributed by atoms with Crippen LogP contribution in [0.2, 0.25) is 5.02 Å². The molecule has 3 aromatic rings. The number of hydrogen-bond donors (Lipinski definition) is 0. The molecule has 1 heterocycles. The monoisotopic (exact) mass is 401 g/mol. The maximum absolute atomic E-state index is 12.5. The lowest BCUT2D eigenvalue weighted by atomic mass is 10.1. The maximum atomic E-state index is 12.5. The van der Waals surface area contributed by atoms with Crippen LogP contribution < -0.4 is 4.80 Å². The van der Waals surface area contributed by atoms with Crippen LogP contribution >= 0.6 is 22.9 Å². The van der Waals surface area contributed by atoms with Crippen LogP contribution in [0.5, 0.6) is 0 Å². The van der Waals surface area contributed by atoms with Crippen LogP contribution in [0.25, 0.3) is 11.3 Å². The first kappa shape index (κ1) is 19.0. The molecule has 0 bridgehead atoms. The smallest absolute Gasteiger partial charge is 0.279 e. The van der Waals surface area contributed by atoms with Crippen LogP contribution in [-0.4, -0.2) is 15.4 Å². The molecule has 0 aliphatic carbocycles. The molecule has 0 saturated heterocycles. The van der Waals surface area contributed by atoms with Gasteiger partial charge in [0.1, 0.15) is 0 Å². The molecule has 0 saturated carbocycles. The average molecular weight is 402 g/mol. The predicted octanol–water partition coefficient (Wildman–Crippen LogP) is 4.85. The van der Waals surface area contributed by atoms with Gasteiger partial charge in [0, 0.05) is 34.1 Å². The van der Waals surface area contributed by atoms with Crippen LogP contribution in [0, 0.1) is 17.0 Å². The van der Waals surface area contributed by atoms with Gasteiger partial charge in [-0.25, -0.2) is 0 Å². The van der Waals surface area contributed by atoms with Gasteiger partial charge < -0.3 is 4.57 Å². The molecule has 0 atom stereocenters. The van der Waals surface area contributed by atoms with Crippen molar-refractivity contribution in [2.75, 3.05) is 0 Å². The summed E-state index contributed by atoms with van der Waals surface area (Å²) >= 11 is 7.41. The van der Waals surface area contributed by atoms with Gasteiger partial charge in [0.25, 0.3) is 11.6 Å². The number of nitrogens with zero attached hydrogens (tertiary/aromatic N) is 3. The van der Waals surface area contributed by atoms with Gasteiger partial charge in [0.2, 0.25) is 0 Å². The highest BCUT2D eigenvalue weighted by atomic mass is 35.5. The zero-order valence-electron chi connectivity index (χ0n) is 14.7. The summed E-state index contributed by atoms with van der Waals surface area (Å²) < 4.78 is 1.98. The highest BCUT2D eigenvalue weighted by molar-refractivity contribution is 7.09. The Morgan fingerprint density at radius 2 is 1.81 bits per heavy atom. The van der Waals surface area contributed by atoms with Gasteiger partial charge >= 0.3 is 0 Å². The Morgan fingerprint density at radius 1 is 1.19 bits per heavy atom. The highest BCUT2D eigenvalue weighted by Crippen LogP contribution is 2.26. The predicted molar refractivity (Wildman–Crippen MR) is 106 cm³/mol. The number of carbonyl (C=O) groups excluding carboxylic acids is 1. The number of nitro groups is 1. The summed E-state index contributed by atoms with van der Waals surface area (Å²) in [4.78, 5) is 28.6. The number of halogens is 1. The highest BCUT2D eigenvalue weighted by Gasteiger charge is 2.14. The van der Waals surface area contributed by atoms with Crippen LogP contribution in [-0.2, 0) is 6.54 Å². The fraction of sp³-hybridized carbons (Fsp3) is 0.158. The molecule has 0 radical (unpaired) electrons. The molecule has 0 N–H and O–H groups in total. The number of carbonyl (C=O) groups is 1. The minimum atomic E-state index is -0.503. The van der Waals surface area contributed by atoms with E-state index in [9.17, 15) is 14.9 Å². The van der Waals surface area contributed by atoms with Gasteiger partial charge in [-0.1, -0.05) is 23.7 Å². The lowest BCUT2D eigenvalue weighted by molar-refractivity contribution is -0.384. The van der Waals surface area contributed by atoms with Crippen molar-refractivity contribution in [3.63, 3.8) is 0 Å². The quantitative estimate of drug-likeness (QED) is 0.463. The van der Waals surface area contributed by atoms with Crippen molar-refractivity contribution in [1.82, 2.24) is 4.57 Å². The van der Waals surface area contributed by atoms with Crippen molar-refractivity contribution in [3.8, 4) is 11.3 Å². The van der Waals surface area contributed by atoms with E-state index in [2.05, 4.69) is 4.99 Å². The first-order valence-corrected chi connectivity index (χ1v) is 9.40. The maximum Gasteiger partial charge on any atom is 0.279 e. The molecule has 0 aliphatic heterocycles. The standard InChI is InChI=1S/C19H16ClN3O3S/c1-3-22-17(13-4-8-15(20)9-5-13)12(2)27-19(22)21-18(24)14-6-10-16(11-7-14)23(25)26/h4-11H,3H2,1-2H3. The second-order valence-corrected chi connectivity index (χ2v) is 7.38. The summed E-state index contributed by atoms with van der Waals surface area (Å²) in [6.45, 7) is 4.62. The Balaban J connectivity index is 2.03. The van der Waals surface area contributed by atoms with E-state index in [-0.39, 0.29) is 5.69 Å². The first-order chi connectivity index (χ1) is 12.9. The van der Waals surface area contributed by atoms with Crippen molar-refractivity contribution < 1.29 is 9.72 Å². The van der Waals surface area contributed by atoms with Crippen molar-refractivity contribution in [2.24, 2.45) is 4.99 Å². The Bertz CT molecular complexity index is 1070. The summed E-state index contributed by atoms with van der Waals surface area (Å²) in [5.41, 5.74) is 2.24. The number of rotatable bonds is 4. The third-order valence-electron chi connectivity index (χ3n) is 4.03. The number of aryl methyl sites for hydroxylation is 1. The third-order valence-corrected chi connectivity index (χ3v) is 5.28. The Hall–Kier alpha value is -2.77. The molecule has 0 spiro atoms. The summed E-state index contributed by atoms with van der Waals surface area (Å²) in [5, 5.41) is 11.4. The summed E-state index contributed by atoms with van der Waals surface area (Å²) in [7, 11) is 0. The molecule has 27 heavy (non-hydrogen) atoms. The topological polar surface area (TPSA) is 77.5 Å². The van der Waals surface area contributed by atoms with Gasteiger partial charge in [0.05, 0.1) is 10.6 Å². The molecular weight excluding hydrogens is 386 g/mol. The fourth-order valence-electron chi connectivity index (χ4n) is 2.75. The fourth-order valence-corrected chi connectivity index (χ4v) is 3.93. The minimum absolute atomic E-state index is 0.0628. The summed E-state index contributed by atoms with van der Waals surface area (Å²) in [5.74, 6) is -0.434. The lowest BCUT2D eigenvalue weighted by Gasteiger charge is -2.07. The van der Waals surface area contributed by atoms with E-state index in [1.165, 1.54) is 35.6 Å². The van der Waals surface area contributed by atoms with E-state index in [0.29, 0.717) is 21.9 Å². The number of non-ortho nitro benzene ring substituents is 1. The molecule has 0 aliphatic rings. The van der Waals surface area contributed by atoms with E-state index in [4.69, 9.17) is 11.6 Å². The van der Waals surface area contributed by atoms with Gasteiger partial charge in [-0.05, 0) is 43.7 Å². The molecule has 138 valence electrons. The van der Waals surface area contributed by atoms with Gasteiger partial charge in [0.15, 0.2) is 4.80 Å². The Morgan fingerprint density at radius 3 is 2.37 bits per heavy atom. The van der Waals surface area contributed by atoms with E-state index < -0.39 is 10.8 Å². The summed E-state index contributed by atoms with van der Waals surface area (Å²) in [6, 6.07) is 13.0. The SMILES string of the molecule is CCn1c(-c2ccc(Cl)cc2)c(C)sc1=NC(=O)c1ccc([N+](=O)[O-])cc1. The molecule has 1 amide bonds. The van der Waals surface area contributed by atoms with Gasteiger partial charge in [-0.15, -0.1) is 11.3 Å². The van der Waals surface area contributed by atoms with E-state index in [0.717, 1.165) is 16.1 Å². The zero-order chi connectivity index (χ0) is 19.6. The van der Waals surface area contributed by atoms with Gasteiger partial charge in [-0.2, -0.15) is 4.99 Å². The number of nitro benzene ring substituents is 1. The summed E-state index contributed by atoms with van der Waals surface area (Å²) in [6.07, 6.45) is 0. The second-order valence-electron chi connectivity index (χ2n) is 5.76. The average Bonchev–Trinajstić information content (AvgIpc) is 2.97. The molecular formula is C19H16ClN3O3S. The van der Waals surface area contributed by atoms with Crippen molar-refractivity contribution in [2.45, 2.75) is 20.4 Å². The van der Waals surface area contributed by atoms with E-state index in [1.54, 1.807) is 0 Å². The third kappa shape index (κ3) is 3.99. The number of amides is 1. The van der Waals surface area contributed by atoms with Crippen molar-refractivity contribution >= 4 is 34.5 Å². The second kappa shape index (κ2) is 7.85. The zero-order valence-corrected chi connectivity index (χ0v) is 16.3. The molecule has 8 heteroatoms. The van der Waals surface area contributed by atoms with Crippen LogP contribution in [0.4, 0.5) is 5.69 Å². The van der Waals surface area contributed by atoms with E-state index in [1.807, 2.05) is 42.7 Å². The number of benzene rings is 2. The van der Waals surface area contributed by atoms with Crippen LogP contribution in [0.3, 0.4) is 0 Å². The molecule has 6 nitrogen and oxygen atoms in total. The number of aromatic nitrogens is 1. The largest absolute Gasteiger partial charge is 0.316 e. The molecule has 0 fully saturated rings. The van der Waals surface area contributed by atoms with Crippen LogP contribution in [0.1, 0.15) is 22.2 Å². The van der Waals surface area contributed by atoms with Crippen molar-refractivity contribution in [1.29, 1.82) is 0 Å².